The van der Waals surface area contributed by atoms with Gasteiger partial charge in [-0.25, -0.2) is 4.79 Å². The van der Waals surface area contributed by atoms with Crippen LogP contribution >= 0.6 is 0 Å². The summed E-state index contributed by atoms with van der Waals surface area (Å²) in [4.78, 5) is 11.7. The van der Waals surface area contributed by atoms with Crippen molar-refractivity contribution in [3.8, 4) is 0 Å². The Balaban J connectivity index is 1.44. The number of methoxy groups -OCH3 is 1. The lowest BCUT2D eigenvalue weighted by atomic mass is 9.43. The molecule has 1 N–H and O–H groups in total. The zero-order chi connectivity index (χ0) is 19.7. The lowest BCUT2D eigenvalue weighted by Gasteiger charge is -2.63. The van der Waals surface area contributed by atoms with E-state index < -0.39 is 5.60 Å². The molecule has 4 nitrogen and oxygen atoms in total. The summed E-state index contributed by atoms with van der Waals surface area (Å²) < 4.78 is 10.9. The van der Waals surface area contributed by atoms with E-state index in [9.17, 15) is 9.90 Å². The molecule has 0 aromatic heterocycles. The molecule has 0 bridgehead atoms. The van der Waals surface area contributed by atoms with E-state index in [-0.39, 0.29) is 11.4 Å². The van der Waals surface area contributed by atoms with Crippen molar-refractivity contribution in [2.75, 3.05) is 13.7 Å². The molecular weight excluding hydrogens is 352 g/mol. The van der Waals surface area contributed by atoms with E-state index in [0.29, 0.717) is 35.9 Å². The Morgan fingerprint density at radius 2 is 1.89 bits per heavy atom. The SMILES string of the molecule is CO[C@H]1CC[C@@]2(C)C(CCC3C2CC[C@]2(C)[C@@H](C4=CC(=O)OC4)CC[C@]32O)C1. The van der Waals surface area contributed by atoms with Gasteiger partial charge < -0.3 is 14.6 Å². The lowest BCUT2D eigenvalue weighted by Crippen LogP contribution is -2.62. The van der Waals surface area contributed by atoms with Crippen LogP contribution in [0, 0.1) is 34.5 Å². The van der Waals surface area contributed by atoms with Crippen LogP contribution in [0.2, 0.25) is 0 Å². The summed E-state index contributed by atoms with van der Waals surface area (Å²) in [6.45, 7) is 5.26. The summed E-state index contributed by atoms with van der Waals surface area (Å²) in [7, 11) is 1.86. The van der Waals surface area contributed by atoms with Crippen LogP contribution in [0.15, 0.2) is 11.6 Å². The van der Waals surface area contributed by atoms with Crippen molar-refractivity contribution >= 4 is 5.97 Å². The number of rotatable bonds is 2. The van der Waals surface area contributed by atoms with Crippen molar-refractivity contribution in [3.05, 3.63) is 11.6 Å². The standard InChI is InChI=1S/C24H36O4/c1-22-9-6-17(27-3)13-16(22)4-5-20-19(22)7-10-23(2)18(8-11-24(20,23)26)15-12-21(25)28-14-15/h12,16-20,26H,4-11,13-14H2,1-3H3/t16?,17-,18+,19?,20?,22-,23+,24-/m0/s1. The third-order valence-corrected chi connectivity index (χ3v) is 10.3. The number of carbonyl (C=O) groups is 1. The maximum Gasteiger partial charge on any atom is 0.331 e. The first-order valence-corrected chi connectivity index (χ1v) is 11.4. The van der Waals surface area contributed by atoms with E-state index in [1.807, 2.05) is 7.11 Å². The smallest absolute Gasteiger partial charge is 0.331 e. The molecule has 4 saturated carbocycles. The minimum Gasteiger partial charge on any atom is -0.458 e. The highest BCUT2D eigenvalue weighted by atomic mass is 16.5. The lowest BCUT2D eigenvalue weighted by molar-refractivity contribution is -0.209. The van der Waals surface area contributed by atoms with Gasteiger partial charge in [-0.05, 0) is 92.4 Å². The second-order valence-electron chi connectivity index (χ2n) is 10.9. The molecule has 1 aliphatic heterocycles. The fraction of sp³-hybridized carbons (Fsp3) is 0.875. The average molecular weight is 389 g/mol. The second kappa shape index (κ2) is 6.31. The molecule has 156 valence electrons. The Morgan fingerprint density at radius 1 is 1.07 bits per heavy atom. The zero-order valence-corrected chi connectivity index (χ0v) is 17.7. The maximum absolute atomic E-state index is 12.2. The Kier molecular flexibility index (Phi) is 4.31. The molecule has 1 heterocycles. The quantitative estimate of drug-likeness (QED) is 0.718. The molecule has 4 aliphatic carbocycles. The molecule has 0 aromatic rings. The fourth-order valence-corrected chi connectivity index (χ4v) is 8.58. The number of fused-ring (bicyclic) bond motifs is 5. The third-order valence-electron chi connectivity index (χ3n) is 10.3. The molecule has 0 aromatic carbocycles. The largest absolute Gasteiger partial charge is 0.458 e. The number of carbonyl (C=O) groups excluding carboxylic acids is 1. The van der Waals surface area contributed by atoms with Crippen LogP contribution in [0.4, 0.5) is 0 Å². The molecule has 28 heavy (non-hydrogen) atoms. The van der Waals surface area contributed by atoms with Gasteiger partial charge in [0.25, 0.3) is 0 Å². The topological polar surface area (TPSA) is 55.8 Å². The maximum atomic E-state index is 12.2. The second-order valence-corrected chi connectivity index (χ2v) is 10.9. The monoisotopic (exact) mass is 388 g/mol. The van der Waals surface area contributed by atoms with E-state index in [1.165, 1.54) is 25.7 Å². The Labute approximate surface area is 169 Å². The van der Waals surface area contributed by atoms with Crippen LogP contribution in [-0.2, 0) is 14.3 Å². The normalized spacial score (nSPS) is 53.1. The molecule has 0 amide bonds. The number of esters is 1. The van der Waals surface area contributed by atoms with E-state index in [4.69, 9.17) is 9.47 Å². The van der Waals surface area contributed by atoms with Crippen molar-refractivity contribution in [2.24, 2.45) is 34.5 Å². The first kappa shape index (κ1) is 19.1. The summed E-state index contributed by atoms with van der Waals surface area (Å²) in [6.07, 6.45) is 12.3. The molecular formula is C24H36O4. The van der Waals surface area contributed by atoms with Crippen LogP contribution in [0.1, 0.15) is 71.6 Å². The summed E-state index contributed by atoms with van der Waals surface area (Å²) in [5.74, 6) is 1.85. The number of cyclic esters (lactones) is 1. The molecule has 0 saturated heterocycles. The highest BCUT2D eigenvalue weighted by molar-refractivity contribution is 5.85. The van der Waals surface area contributed by atoms with Crippen molar-refractivity contribution in [1.82, 2.24) is 0 Å². The van der Waals surface area contributed by atoms with Gasteiger partial charge in [0.2, 0.25) is 0 Å². The zero-order valence-electron chi connectivity index (χ0n) is 17.7. The predicted molar refractivity (Wildman–Crippen MR) is 107 cm³/mol. The van der Waals surface area contributed by atoms with Gasteiger partial charge in [0.15, 0.2) is 0 Å². The van der Waals surface area contributed by atoms with Gasteiger partial charge in [0, 0.05) is 18.6 Å². The predicted octanol–water partition coefficient (Wildman–Crippen LogP) is 4.26. The van der Waals surface area contributed by atoms with Gasteiger partial charge in [-0.15, -0.1) is 0 Å². The number of hydrogen-bond donors (Lipinski definition) is 1. The fourth-order valence-electron chi connectivity index (χ4n) is 8.58. The van der Waals surface area contributed by atoms with E-state index in [2.05, 4.69) is 13.8 Å². The van der Waals surface area contributed by atoms with Crippen LogP contribution in [0.25, 0.3) is 0 Å². The Hall–Kier alpha value is -0.870. The molecule has 4 fully saturated rings. The molecule has 0 spiro atoms. The van der Waals surface area contributed by atoms with Gasteiger partial charge in [0.05, 0.1) is 11.7 Å². The molecule has 8 atom stereocenters. The molecule has 5 rings (SSSR count). The number of aliphatic hydroxyl groups is 1. The van der Waals surface area contributed by atoms with E-state index >= 15 is 0 Å². The van der Waals surface area contributed by atoms with Crippen molar-refractivity contribution in [3.63, 3.8) is 0 Å². The van der Waals surface area contributed by atoms with E-state index in [0.717, 1.165) is 43.6 Å². The minimum atomic E-state index is -0.598. The molecule has 5 aliphatic rings. The highest BCUT2D eigenvalue weighted by Gasteiger charge is 2.67. The first-order valence-electron chi connectivity index (χ1n) is 11.4. The average Bonchev–Trinajstić information content (AvgIpc) is 3.21. The summed E-state index contributed by atoms with van der Waals surface area (Å²) in [6, 6.07) is 0. The van der Waals surface area contributed by atoms with Crippen LogP contribution in [0.5, 0.6) is 0 Å². The Bertz CT molecular complexity index is 701. The molecule has 0 radical (unpaired) electrons. The Morgan fingerprint density at radius 3 is 2.61 bits per heavy atom. The summed E-state index contributed by atoms with van der Waals surface area (Å²) >= 11 is 0. The minimum absolute atomic E-state index is 0.124. The van der Waals surface area contributed by atoms with Crippen molar-refractivity contribution < 1.29 is 19.4 Å². The number of hydrogen-bond acceptors (Lipinski definition) is 4. The van der Waals surface area contributed by atoms with Crippen molar-refractivity contribution in [1.29, 1.82) is 0 Å². The molecule has 4 heteroatoms. The molecule has 3 unspecified atom stereocenters. The van der Waals surface area contributed by atoms with E-state index in [1.54, 1.807) is 6.08 Å². The summed E-state index contributed by atoms with van der Waals surface area (Å²) in [5, 5.41) is 12.2. The van der Waals surface area contributed by atoms with Crippen molar-refractivity contribution in [2.45, 2.75) is 83.3 Å². The van der Waals surface area contributed by atoms with Gasteiger partial charge >= 0.3 is 5.97 Å². The van der Waals surface area contributed by atoms with Crippen LogP contribution < -0.4 is 0 Å². The highest BCUT2D eigenvalue weighted by Crippen LogP contribution is 2.69. The van der Waals surface area contributed by atoms with Gasteiger partial charge in [-0.2, -0.15) is 0 Å². The van der Waals surface area contributed by atoms with Crippen LogP contribution in [0.3, 0.4) is 0 Å². The van der Waals surface area contributed by atoms with Gasteiger partial charge in [0.1, 0.15) is 6.61 Å². The third kappa shape index (κ3) is 2.40. The first-order chi connectivity index (χ1) is 13.3. The van der Waals surface area contributed by atoms with Gasteiger partial charge in [-0.1, -0.05) is 13.8 Å². The van der Waals surface area contributed by atoms with Crippen LogP contribution in [-0.4, -0.2) is 36.5 Å². The number of ether oxygens (including phenoxy) is 2. The summed E-state index contributed by atoms with van der Waals surface area (Å²) in [5.41, 5.74) is 0.751. The van der Waals surface area contributed by atoms with Gasteiger partial charge in [-0.3, -0.25) is 0 Å².